The SMILES string of the molecule is CC[N+](CC)=c1ccc2c(/C=C/C=C3/N(CCCCCC(=O)O)c4ccc(S(=O)(=O)[O-])cc4C3(C)C)cc(C(C)(C)C)oc-2c1. The fraction of sp³-hybridized carbons (Fsp3) is 0.444. The van der Waals surface area contributed by atoms with Crippen LogP contribution in [-0.2, 0) is 25.7 Å². The highest BCUT2D eigenvalue weighted by Crippen LogP contribution is 2.48. The van der Waals surface area contributed by atoms with Gasteiger partial charge in [-0.2, -0.15) is 0 Å². The Balaban J connectivity index is 1.79. The van der Waals surface area contributed by atoms with Crippen molar-refractivity contribution in [1.82, 2.24) is 4.58 Å². The largest absolute Gasteiger partial charge is 0.744 e. The van der Waals surface area contributed by atoms with Gasteiger partial charge in [-0.25, -0.2) is 13.0 Å². The molecule has 0 bridgehead atoms. The van der Waals surface area contributed by atoms with E-state index in [2.05, 4.69) is 80.5 Å². The lowest BCUT2D eigenvalue weighted by Gasteiger charge is -2.27. The Labute approximate surface area is 267 Å². The zero-order valence-corrected chi connectivity index (χ0v) is 28.3. The molecule has 45 heavy (non-hydrogen) atoms. The van der Waals surface area contributed by atoms with Gasteiger partial charge in [0.1, 0.15) is 34.7 Å². The monoisotopic (exact) mass is 634 g/mol. The number of allylic oxidation sites excluding steroid dienone is 3. The molecule has 0 amide bonds. The Morgan fingerprint density at radius 1 is 1.04 bits per heavy atom. The molecule has 0 unspecified atom stereocenters. The quantitative estimate of drug-likeness (QED) is 0.141. The van der Waals surface area contributed by atoms with E-state index >= 15 is 0 Å². The van der Waals surface area contributed by atoms with Gasteiger partial charge in [0.25, 0.3) is 0 Å². The zero-order valence-electron chi connectivity index (χ0n) is 27.5. The van der Waals surface area contributed by atoms with Crippen LogP contribution in [0.3, 0.4) is 0 Å². The standard InChI is InChI=1S/C36H46N2O6S/c1-8-37(9-2)26-17-19-28-25(22-33(35(3,4)5)44-31(28)23-26)14-13-15-32-36(6,7)29-24-27(45(41,42)43)18-20-30(29)38(32)21-12-10-11-16-34(39)40/h13-15,17-20,22-24H,8-12,16,21H2,1-7H3,(H-,39,40,41,42,43). The van der Waals surface area contributed by atoms with E-state index in [0.29, 0.717) is 13.0 Å². The van der Waals surface area contributed by atoms with E-state index in [1.807, 2.05) is 19.9 Å². The van der Waals surface area contributed by atoms with Crippen molar-refractivity contribution in [2.45, 2.75) is 89.9 Å². The minimum absolute atomic E-state index is 0.127. The molecule has 0 spiro atoms. The maximum atomic E-state index is 11.9. The first kappa shape index (κ1) is 34.2. The molecule has 8 nitrogen and oxygen atoms in total. The van der Waals surface area contributed by atoms with E-state index in [4.69, 9.17) is 9.52 Å². The van der Waals surface area contributed by atoms with Gasteiger partial charge in [-0.1, -0.05) is 53.2 Å². The first-order valence-corrected chi connectivity index (χ1v) is 17.1. The minimum atomic E-state index is -4.61. The van der Waals surface area contributed by atoms with E-state index in [1.165, 1.54) is 12.1 Å². The molecule has 242 valence electrons. The summed E-state index contributed by atoms with van der Waals surface area (Å²) in [6.07, 6.45) is 8.38. The van der Waals surface area contributed by atoms with Crippen molar-refractivity contribution in [2.75, 3.05) is 24.5 Å². The molecule has 0 saturated heterocycles. The molecule has 0 fully saturated rings. The van der Waals surface area contributed by atoms with Gasteiger partial charge in [0, 0.05) is 46.8 Å². The number of benzene rings is 2. The Morgan fingerprint density at radius 2 is 1.76 bits per heavy atom. The van der Waals surface area contributed by atoms with Crippen LogP contribution >= 0.6 is 0 Å². The van der Waals surface area contributed by atoms with Crippen molar-refractivity contribution < 1.29 is 27.3 Å². The minimum Gasteiger partial charge on any atom is -0.744 e. The topological polar surface area (TPSA) is 114 Å². The molecule has 0 saturated carbocycles. The number of nitrogens with zero attached hydrogens (tertiary/aromatic N) is 2. The third-order valence-corrected chi connectivity index (χ3v) is 9.44. The van der Waals surface area contributed by atoms with E-state index < -0.39 is 21.5 Å². The maximum Gasteiger partial charge on any atom is 0.303 e. The molecular formula is C36H46N2O6S. The van der Waals surface area contributed by atoms with Gasteiger partial charge in [0.2, 0.25) is 5.36 Å². The van der Waals surface area contributed by atoms with Gasteiger partial charge in [0.15, 0.2) is 0 Å². The molecule has 1 aromatic rings. The molecule has 1 aliphatic carbocycles. The molecule has 0 atom stereocenters. The number of carbonyl (C=O) groups is 1. The summed E-state index contributed by atoms with van der Waals surface area (Å²) in [6, 6.07) is 13.0. The average molecular weight is 635 g/mol. The number of carboxylic acid groups (broad SMARTS) is 1. The van der Waals surface area contributed by atoms with Gasteiger partial charge in [-0.05, 0) is 74.2 Å². The molecule has 1 N–H and O–H groups in total. The van der Waals surface area contributed by atoms with Crippen LogP contribution in [0.4, 0.5) is 5.69 Å². The highest BCUT2D eigenvalue weighted by atomic mass is 32.2. The lowest BCUT2D eigenvalue weighted by atomic mass is 9.83. The van der Waals surface area contributed by atoms with Crippen LogP contribution in [0.15, 0.2) is 69.6 Å². The second kappa shape index (κ2) is 13.3. The van der Waals surface area contributed by atoms with E-state index in [0.717, 1.165) is 70.9 Å². The number of unbranched alkanes of at least 4 members (excludes halogenated alkanes) is 2. The van der Waals surface area contributed by atoms with Crippen LogP contribution in [0.2, 0.25) is 0 Å². The third kappa shape index (κ3) is 7.59. The molecule has 4 rings (SSSR count). The van der Waals surface area contributed by atoms with Crippen molar-refractivity contribution in [3.63, 3.8) is 0 Å². The van der Waals surface area contributed by atoms with Gasteiger partial charge < -0.3 is 19.0 Å². The summed E-state index contributed by atoms with van der Waals surface area (Å²) in [4.78, 5) is 12.9. The maximum absolute atomic E-state index is 11.9. The summed E-state index contributed by atoms with van der Waals surface area (Å²) in [5.41, 5.74) is 3.84. The normalized spacial score (nSPS) is 15.7. The van der Waals surface area contributed by atoms with Crippen molar-refractivity contribution in [3.05, 3.63) is 82.6 Å². The summed E-state index contributed by atoms with van der Waals surface area (Å²) in [5.74, 6) is 0.892. The van der Waals surface area contributed by atoms with Gasteiger partial charge >= 0.3 is 5.97 Å². The third-order valence-electron chi connectivity index (χ3n) is 8.60. The molecule has 0 aromatic heterocycles. The Bertz CT molecular complexity index is 1770. The number of hydrogen-bond donors (Lipinski definition) is 1. The van der Waals surface area contributed by atoms with Crippen LogP contribution in [0.5, 0.6) is 0 Å². The number of carboxylic acids is 1. The highest BCUT2D eigenvalue weighted by Gasteiger charge is 2.40. The molecule has 9 heteroatoms. The number of fused-ring (bicyclic) bond motifs is 2. The van der Waals surface area contributed by atoms with E-state index in [1.54, 1.807) is 6.07 Å². The van der Waals surface area contributed by atoms with Crippen molar-refractivity contribution in [2.24, 2.45) is 0 Å². The second-order valence-corrected chi connectivity index (χ2v) is 14.6. The van der Waals surface area contributed by atoms with E-state index in [9.17, 15) is 17.8 Å². The highest BCUT2D eigenvalue weighted by molar-refractivity contribution is 7.85. The number of hydrogen-bond acceptors (Lipinski definition) is 6. The number of aliphatic carboxylic acids is 1. The Hall–Kier alpha value is -3.69. The summed E-state index contributed by atoms with van der Waals surface area (Å²) in [5, 5.41) is 10.1. The van der Waals surface area contributed by atoms with Crippen molar-refractivity contribution >= 4 is 27.9 Å². The first-order chi connectivity index (χ1) is 21.1. The number of anilines is 1. The van der Waals surface area contributed by atoms with Crippen molar-refractivity contribution in [1.29, 1.82) is 0 Å². The van der Waals surface area contributed by atoms with E-state index in [-0.39, 0.29) is 16.7 Å². The molecule has 2 heterocycles. The summed E-state index contributed by atoms with van der Waals surface area (Å²) in [6.45, 7) is 17.2. The molecule has 2 aliphatic heterocycles. The lowest BCUT2D eigenvalue weighted by Crippen LogP contribution is -2.29. The fourth-order valence-electron chi connectivity index (χ4n) is 6.01. The van der Waals surface area contributed by atoms with Gasteiger partial charge in [0.05, 0.1) is 11.0 Å². The fourth-order valence-corrected chi connectivity index (χ4v) is 6.51. The smallest absolute Gasteiger partial charge is 0.303 e. The Morgan fingerprint density at radius 3 is 2.38 bits per heavy atom. The number of rotatable bonds is 11. The molecule has 0 radical (unpaired) electrons. The average Bonchev–Trinajstić information content (AvgIpc) is 3.17. The summed E-state index contributed by atoms with van der Waals surface area (Å²) in [7, 11) is -4.61. The lowest BCUT2D eigenvalue weighted by molar-refractivity contribution is -0.137. The summed E-state index contributed by atoms with van der Waals surface area (Å²) < 4.78 is 44.4. The van der Waals surface area contributed by atoms with Crippen LogP contribution < -0.4 is 14.8 Å². The zero-order chi connectivity index (χ0) is 33.2. The predicted molar refractivity (Wildman–Crippen MR) is 178 cm³/mol. The van der Waals surface area contributed by atoms with Crippen LogP contribution in [-0.4, -0.2) is 43.7 Å². The van der Waals surface area contributed by atoms with Gasteiger partial charge in [-0.15, -0.1) is 0 Å². The van der Waals surface area contributed by atoms with Gasteiger partial charge in [-0.3, -0.25) is 4.79 Å². The summed E-state index contributed by atoms with van der Waals surface area (Å²) >= 11 is 0. The van der Waals surface area contributed by atoms with Crippen LogP contribution in [0, 0.1) is 0 Å². The predicted octanol–water partition coefficient (Wildman–Crippen LogP) is 6.74. The van der Waals surface area contributed by atoms with Crippen LogP contribution in [0.1, 0.15) is 91.0 Å². The van der Waals surface area contributed by atoms with Crippen LogP contribution in [0.25, 0.3) is 17.4 Å². The first-order valence-electron chi connectivity index (χ1n) is 15.7. The molecule has 3 aliphatic rings. The molecular weight excluding hydrogens is 588 g/mol. The Kier molecular flexibility index (Phi) is 10.1. The second-order valence-electron chi connectivity index (χ2n) is 13.2. The molecule has 1 aromatic carbocycles. The van der Waals surface area contributed by atoms with Crippen molar-refractivity contribution in [3.8, 4) is 11.3 Å².